The van der Waals surface area contributed by atoms with Gasteiger partial charge in [0.05, 0.1) is 11.1 Å². The fraction of sp³-hybridized carbons (Fsp3) is 0.412. The summed E-state index contributed by atoms with van der Waals surface area (Å²) in [6.07, 6.45) is 0.928. The number of anilines is 1. The van der Waals surface area contributed by atoms with Crippen molar-refractivity contribution in [1.82, 2.24) is 9.88 Å². The highest BCUT2D eigenvalue weighted by atomic mass is 16.1. The van der Waals surface area contributed by atoms with Crippen LogP contribution in [-0.2, 0) is 0 Å². The summed E-state index contributed by atoms with van der Waals surface area (Å²) in [5.41, 5.74) is 4.06. The zero-order valence-corrected chi connectivity index (χ0v) is 12.9. The van der Waals surface area contributed by atoms with Crippen LogP contribution in [0.25, 0.3) is 10.9 Å². The van der Waals surface area contributed by atoms with Crippen molar-refractivity contribution in [1.29, 1.82) is 0 Å². The molecule has 4 nitrogen and oxygen atoms in total. The third-order valence-corrected chi connectivity index (χ3v) is 4.19. The summed E-state index contributed by atoms with van der Waals surface area (Å²) in [4.78, 5) is 20.8. The van der Waals surface area contributed by atoms with Crippen LogP contribution in [0.5, 0.6) is 0 Å². The second kappa shape index (κ2) is 5.45. The lowest BCUT2D eigenvalue weighted by Crippen LogP contribution is -2.45. The van der Waals surface area contributed by atoms with Crippen molar-refractivity contribution in [3.63, 3.8) is 0 Å². The van der Waals surface area contributed by atoms with Crippen LogP contribution in [0.15, 0.2) is 18.2 Å². The predicted octanol–water partition coefficient (Wildman–Crippen LogP) is 2.42. The molecule has 1 saturated heterocycles. The monoisotopic (exact) mass is 283 g/mol. The molecular formula is C17H21N3O. The van der Waals surface area contributed by atoms with E-state index in [1.165, 1.54) is 5.56 Å². The van der Waals surface area contributed by atoms with Crippen molar-refractivity contribution in [3.05, 3.63) is 34.9 Å². The summed E-state index contributed by atoms with van der Waals surface area (Å²) in [7, 11) is 2.12. The lowest BCUT2D eigenvalue weighted by atomic mass is 10.0. The molecule has 2 aromatic rings. The molecule has 0 saturated carbocycles. The number of pyridine rings is 1. The van der Waals surface area contributed by atoms with Crippen LogP contribution in [-0.4, -0.2) is 49.4 Å². The maximum absolute atomic E-state index is 11.5. The molecule has 0 spiro atoms. The molecule has 1 fully saturated rings. The van der Waals surface area contributed by atoms with Gasteiger partial charge in [-0.3, -0.25) is 4.79 Å². The Morgan fingerprint density at radius 3 is 2.48 bits per heavy atom. The van der Waals surface area contributed by atoms with Crippen molar-refractivity contribution in [2.75, 3.05) is 38.1 Å². The first-order chi connectivity index (χ1) is 10.1. The number of aromatic nitrogens is 1. The maximum Gasteiger partial charge on any atom is 0.153 e. The van der Waals surface area contributed by atoms with Crippen molar-refractivity contribution in [2.45, 2.75) is 13.8 Å². The smallest absolute Gasteiger partial charge is 0.153 e. The first-order valence-corrected chi connectivity index (χ1v) is 7.39. The highest BCUT2D eigenvalue weighted by Crippen LogP contribution is 2.26. The Morgan fingerprint density at radius 2 is 1.81 bits per heavy atom. The Kier molecular flexibility index (Phi) is 3.64. The molecule has 21 heavy (non-hydrogen) atoms. The van der Waals surface area contributed by atoms with Crippen LogP contribution in [0.2, 0.25) is 0 Å². The number of aryl methyl sites for hydroxylation is 2. The quantitative estimate of drug-likeness (QED) is 0.793. The molecule has 0 unspecified atom stereocenters. The maximum atomic E-state index is 11.5. The van der Waals surface area contributed by atoms with E-state index in [9.17, 15) is 4.79 Å². The van der Waals surface area contributed by atoms with E-state index < -0.39 is 0 Å². The summed E-state index contributed by atoms with van der Waals surface area (Å²) < 4.78 is 0. The van der Waals surface area contributed by atoms with Crippen LogP contribution in [0.4, 0.5) is 5.82 Å². The van der Waals surface area contributed by atoms with Gasteiger partial charge in [-0.15, -0.1) is 0 Å². The van der Waals surface area contributed by atoms with Crippen LogP contribution in [0, 0.1) is 13.8 Å². The average molecular weight is 283 g/mol. The summed E-state index contributed by atoms with van der Waals surface area (Å²) in [6, 6.07) is 6.21. The van der Waals surface area contributed by atoms with Crippen molar-refractivity contribution < 1.29 is 4.79 Å². The lowest BCUT2D eigenvalue weighted by molar-refractivity contribution is 0.112. The number of hydrogen-bond acceptors (Lipinski definition) is 4. The van der Waals surface area contributed by atoms with Crippen LogP contribution < -0.4 is 4.90 Å². The van der Waals surface area contributed by atoms with Gasteiger partial charge in [-0.1, -0.05) is 11.6 Å². The number of likely N-dealkylation sites (N-methyl/N-ethyl adjacent to an activating group) is 1. The molecule has 110 valence electrons. The van der Waals surface area contributed by atoms with E-state index >= 15 is 0 Å². The fourth-order valence-corrected chi connectivity index (χ4v) is 3.02. The Bertz CT molecular complexity index is 688. The number of piperazine rings is 1. The van der Waals surface area contributed by atoms with Crippen molar-refractivity contribution >= 4 is 23.0 Å². The van der Waals surface area contributed by atoms with Gasteiger partial charge in [0.15, 0.2) is 6.29 Å². The molecule has 1 aliphatic heterocycles. The average Bonchev–Trinajstić information content (AvgIpc) is 2.47. The Balaban J connectivity index is 2.11. The van der Waals surface area contributed by atoms with E-state index in [0.717, 1.165) is 54.7 Å². The van der Waals surface area contributed by atoms with E-state index in [2.05, 4.69) is 42.8 Å². The number of aldehydes is 1. The Morgan fingerprint density at radius 1 is 1.10 bits per heavy atom. The molecule has 0 atom stereocenters. The molecule has 0 N–H and O–H groups in total. The van der Waals surface area contributed by atoms with E-state index in [4.69, 9.17) is 4.98 Å². The number of rotatable bonds is 2. The largest absolute Gasteiger partial charge is 0.353 e. The molecule has 1 aromatic carbocycles. The second-order valence-corrected chi connectivity index (χ2v) is 5.96. The molecule has 1 aromatic heterocycles. The summed E-state index contributed by atoms with van der Waals surface area (Å²) in [5, 5.41) is 1.05. The number of fused-ring (bicyclic) bond motifs is 1. The van der Waals surface area contributed by atoms with Crippen LogP contribution in [0.1, 0.15) is 21.5 Å². The minimum Gasteiger partial charge on any atom is -0.353 e. The molecule has 1 aliphatic rings. The minimum absolute atomic E-state index is 0.692. The number of carbonyl (C=O) groups is 1. The van der Waals surface area contributed by atoms with E-state index in [1.807, 2.05) is 6.07 Å². The number of carbonyl (C=O) groups excluding carboxylic acids is 1. The van der Waals surface area contributed by atoms with Gasteiger partial charge in [-0.2, -0.15) is 0 Å². The predicted molar refractivity (Wildman–Crippen MR) is 86.3 cm³/mol. The van der Waals surface area contributed by atoms with Gasteiger partial charge in [-0.25, -0.2) is 4.98 Å². The molecular weight excluding hydrogens is 262 g/mol. The van der Waals surface area contributed by atoms with Gasteiger partial charge in [0, 0.05) is 31.6 Å². The SMILES string of the molecule is Cc1cc(C)c2nc(N3CCN(C)CC3)c(C=O)cc2c1. The highest BCUT2D eigenvalue weighted by Gasteiger charge is 2.19. The van der Waals surface area contributed by atoms with Crippen molar-refractivity contribution in [3.8, 4) is 0 Å². The topological polar surface area (TPSA) is 36.4 Å². The fourth-order valence-electron chi connectivity index (χ4n) is 3.02. The number of hydrogen-bond donors (Lipinski definition) is 0. The van der Waals surface area contributed by atoms with Crippen LogP contribution >= 0.6 is 0 Å². The summed E-state index contributed by atoms with van der Waals surface area (Å²) in [6.45, 7) is 8.00. The first kappa shape index (κ1) is 14.0. The molecule has 3 rings (SSSR count). The van der Waals surface area contributed by atoms with Gasteiger partial charge in [0.25, 0.3) is 0 Å². The van der Waals surface area contributed by atoms with Gasteiger partial charge in [0.2, 0.25) is 0 Å². The lowest BCUT2D eigenvalue weighted by Gasteiger charge is -2.34. The molecule has 0 aliphatic carbocycles. The third kappa shape index (κ3) is 2.63. The molecule has 0 radical (unpaired) electrons. The van der Waals surface area contributed by atoms with Gasteiger partial charge >= 0.3 is 0 Å². The Hall–Kier alpha value is -1.94. The van der Waals surface area contributed by atoms with Gasteiger partial charge in [-0.05, 0) is 38.6 Å². The van der Waals surface area contributed by atoms with Crippen LogP contribution in [0.3, 0.4) is 0 Å². The first-order valence-electron chi connectivity index (χ1n) is 7.39. The van der Waals surface area contributed by atoms with Gasteiger partial charge < -0.3 is 9.80 Å². The normalized spacial score (nSPS) is 16.4. The van der Waals surface area contributed by atoms with E-state index in [0.29, 0.717) is 5.56 Å². The van der Waals surface area contributed by atoms with E-state index in [1.54, 1.807) is 0 Å². The molecule has 2 heterocycles. The summed E-state index contributed by atoms with van der Waals surface area (Å²) in [5.74, 6) is 0.831. The minimum atomic E-state index is 0.692. The highest BCUT2D eigenvalue weighted by molar-refractivity contribution is 5.93. The second-order valence-electron chi connectivity index (χ2n) is 5.96. The van der Waals surface area contributed by atoms with E-state index in [-0.39, 0.29) is 0 Å². The zero-order valence-electron chi connectivity index (χ0n) is 12.9. The standard InChI is InChI=1S/C17H21N3O/c1-12-8-13(2)16-14(9-12)10-15(11-21)17(18-16)20-6-4-19(3)5-7-20/h8-11H,4-7H2,1-3H3. The zero-order chi connectivity index (χ0) is 15.0. The van der Waals surface area contributed by atoms with Crippen molar-refractivity contribution in [2.24, 2.45) is 0 Å². The molecule has 4 heteroatoms. The molecule has 0 amide bonds. The molecule has 0 bridgehead atoms. The van der Waals surface area contributed by atoms with Gasteiger partial charge in [0.1, 0.15) is 5.82 Å². The summed E-state index contributed by atoms with van der Waals surface area (Å²) >= 11 is 0. The number of nitrogens with zero attached hydrogens (tertiary/aromatic N) is 3. The number of benzene rings is 1. The third-order valence-electron chi connectivity index (χ3n) is 4.19. The Labute approximate surface area is 125 Å².